The second kappa shape index (κ2) is 6.27. The number of nitrogens with two attached hydrogens (primary N) is 1. The number of aliphatic hydroxyl groups is 1. The van der Waals surface area contributed by atoms with E-state index in [1.54, 1.807) is 11.0 Å². The summed E-state index contributed by atoms with van der Waals surface area (Å²) in [6, 6.07) is 7.36. The third-order valence-corrected chi connectivity index (χ3v) is 4.49. The van der Waals surface area contributed by atoms with Crippen molar-refractivity contribution in [3.05, 3.63) is 24.3 Å². The van der Waals surface area contributed by atoms with Crippen molar-refractivity contribution >= 4 is 17.3 Å². The minimum atomic E-state index is -0.266. The molecule has 1 aliphatic carbocycles. The monoisotopic (exact) mass is 276 g/mol. The van der Waals surface area contributed by atoms with E-state index in [9.17, 15) is 9.90 Å². The van der Waals surface area contributed by atoms with Crippen molar-refractivity contribution in [2.45, 2.75) is 39.0 Å². The number of nitrogens with zero attached hydrogens (tertiary/aromatic N) is 1. The first-order valence-electron chi connectivity index (χ1n) is 7.42. The van der Waals surface area contributed by atoms with E-state index >= 15 is 0 Å². The van der Waals surface area contributed by atoms with Gasteiger partial charge in [-0.05, 0) is 31.4 Å². The molecular weight excluding hydrogens is 252 g/mol. The van der Waals surface area contributed by atoms with Gasteiger partial charge in [0.25, 0.3) is 0 Å². The molecule has 1 aromatic carbocycles. The molecule has 1 aromatic rings. The number of nitrogen functional groups attached to an aromatic ring is 1. The van der Waals surface area contributed by atoms with Crippen LogP contribution in [-0.2, 0) is 4.79 Å². The van der Waals surface area contributed by atoms with E-state index in [2.05, 4.69) is 6.92 Å². The highest BCUT2D eigenvalue weighted by atomic mass is 16.3. The van der Waals surface area contributed by atoms with Crippen molar-refractivity contribution < 1.29 is 9.90 Å². The Morgan fingerprint density at radius 1 is 1.35 bits per heavy atom. The number of para-hydroxylation sites is 2. The summed E-state index contributed by atoms with van der Waals surface area (Å²) >= 11 is 0. The van der Waals surface area contributed by atoms with Gasteiger partial charge in [-0.2, -0.15) is 0 Å². The maximum Gasteiger partial charge on any atom is 0.233 e. The molecule has 110 valence electrons. The van der Waals surface area contributed by atoms with Crippen LogP contribution in [0.15, 0.2) is 24.3 Å². The van der Waals surface area contributed by atoms with Crippen molar-refractivity contribution in [1.82, 2.24) is 0 Å². The fourth-order valence-corrected chi connectivity index (χ4v) is 3.22. The van der Waals surface area contributed by atoms with E-state index in [-0.39, 0.29) is 17.9 Å². The quantitative estimate of drug-likeness (QED) is 0.812. The zero-order chi connectivity index (χ0) is 14.6. The Morgan fingerprint density at radius 3 is 2.55 bits per heavy atom. The van der Waals surface area contributed by atoms with Crippen molar-refractivity contribution in [2.24, 2.45) is 5.41 Å². The van der Waals surface area contributed by atoms with Gasteiger partial charge < -0.3 is 15.7 Å². The molecule has 0 aromatic heterocycles. The highest BCUT2D eigenvalue weighted by Gasteiger charge is 2.42. The van der Waals surface area contributed by atoms with Gasteiger partial charge in [0, 0.05) is 12.0 Å². The zero-order valence-corrected chi connectivity index (χ0v) is 12.1. The smallest absolute Gasteiger partial charge is 0.233 e. The van der Waals surface area contributed by atoms with E-state index in [0.29, 0.717) is 17.9 Å². The molecule has 0 unspecified atom stereocenters. The summed E-state index contributed by atoms with van der Waals surface area (Å²) in [7, 11) is 0. The van der Waals surface area contributed by atoms with Gasteiger partial charge in [0.15, 0.2) is 0 Å². The summed E-state index contributed by atoms with van der Waals surface area (Å²) in [5.41, 5.74) is 7.03. The Labute approximate surface area is 120 Å². The maximum atomic E-state index is 13.0. The molecule has 0 radical (unpaired) electrons. The summed E-state index contributed by atoms with van der Waals surface area (Å²) in [5.74, 6) is 0.115. The van der Waals surface area contributed by atoms with E-state index < -0.39 is 0 Å². The van der Waals surface area contributed by atoms with E-state index in [4.69, 9.17) is 5.73 Å². The summed E-state index contributed by atoms with van der Waals surface area (Å²) < 4.78 is 0. The molecule has 0 heterocycles. The molecule has 20 heavy (non-hydrogen) atoms. The lowest BCUT2D eigenvalue weighted by Crippen LogP contribution is -2.44. The Bertz CT molecular complexity index is 467. The number of rotatable bonds is 5. The van der Waals surface area contributed by atoms with E-state index in [0.717, 1.165) is 32.1 Å². The van der Waals surface area contributed by atoms with Gasteiger partial charge in [0.05, 0.1) is 18.0 Å². The predicted octanol–water partition coefficient (Wildman–Crippen LogP) is 2.56. The molecule has 0 atom stereocenters. The fourth-order valence-electron chi connectivity index (χ4n) is 3.22. The van der Waals surface area contributed by atoms with Crippen molar-refractivity contribution in [1.29, 1.82) is 0 Å². The molecule has 1 saturated carbocycles. The average Bonchev–Trinajstić information content (AvgIpc) is 2.95. The van der Waals surface area contributed by atoms with Gasteiger partial charge in [0.2, 0.25) is 5.91 Å². The number of amides is 1. The molecule has 3 N–H and O–H groups in total. The van der Waals surface area contributed by atoms with Crippen LogP contribution in [0.3, 0.4) is 0 Å². The third-order valence-electron chi connectivity index (χ3n) is 4.49. The van der Waals surface area contributed by atoms with Crippen LogP contribution in [0.2, 0.25) is 0 Å². The fraction of sp³-hybridized carbons (Fsp3) is 0.562. The molecule has 0 saturated heterocycles. The molecule has 0 aliphatic heterocycles. The van der Waals surface area contributed by atoms with Gasteiger partial charge in [0.1, 0.15) is 0 Å². The third kappa shape index (κ3) is 2.66. The standard InChI is InChI=1S/C16H24N2O2/c1-2-16(9-5-6-10-16)15(20)18(11-12-19)14-8-4-3-7-13(14)17/h3-4,7-8,19H,2,5-6,9-12,17H2,1H3. The Hall–Kier alpha value is -1.55. The van der Waals surface area contributed by atoms with Crippen LogP contribution in [-0.4, -0.2) is 24.2 Å². The molecule has 4 nitrogen and oxygen atoms in total. The first kappa shape index (κ1) is 14.9. The van der Waals surface area contributed by atoms with Gasteiger partial charge in [-0.1, -0.05) is 31.9 Å². The average molecular weight is 276 g/mol. The zero-order valence-electron chi connectivity index (χ0n) is 12.1. The van der Waals surface area contributed by atoms with Gasteiger partial charge in [-0.15, -0.1) is 0 Å². The lowest BCUT2D eigenvalue weighted by Gasteiger charge is -2.34. The first-order valence-corrected chi connectivity index (χ1v) is 7.42. The molecule has 1 aliphatic rings. The SMILES string of the molecule is CCC1(C(=O)N(CCO)c2ccccc2N)CCCC1. The number of benzene rings is 1. The first-order chi connectivity index (χ1) is 9.64. The summed E-state index contributed by atoms with van der Waals surface area (Å²) in [6.07, 6.45) is 4.95. The predicted molar refractivity (Wildman–Crippen MR) is 81.5 cm³/mol. The molecule has 1 amide bonds. The normalized spacial score (nSPS) is 17.1. The van der Waals surface area contributed by atoms with Gasteiger partial charge in [-0.25, -0.2) is 0 Å². The Balaban J connectivity index is 2.33. The minimum absolute atomic E-state index is 0.0557. The number of aliphatic hydroxyl groups excluding tert-OH is 1. The lowest BCUT2D eigenvalue weighted by molar-refractivity contribution is -0.128. The van der Waals surface area contributed by atoms with Crippen LogP contribution < -0.4 is 10.6 Å². The largest absolute Gasteiger partial charge is 0.397 e. The maximum absolute atomic E-state index is 13.0. The molecule has 0 bridgehead atoms. The second-order valence-corrected chi connectivity index (χ2v) is 5.58. The Morgan fingerprint density at radius 2 is 2.00 bits per heavy atom. The Kier molecular flexibility index (Phi) is 4.65. The molecular formula is C16H24N2O2. The minimum Gasteiger partial charge on any atom is -0.397 e. The van der Waals surface area contributed by atoms with Gasteiger partial charge in [-0.3, -0.25) is 4.79 Å². The van der Waals surface area contributed by atoms with E-state index in [1.165, 1.54) is 0 Å². The molecule has 1 fully saturated rings. The highest BCUT2D eigenvalue weighted by Crippen LogP contribution is 2.43. The van der Waals surface area contributed by atoms with Gasteiger partial charge >= 0.3 is 0 Å². The summed E-state index contributed by atoms with van der Waals surface area (Å²) in [4.78, 5) is 14.7. The summed E-state index contributed by atoms with van der Waals surface area (Å²) in [6.45, 7) is 2.32. The van der Waals surface area contributed by atoms with Crippen LogP contribution in [0.5, 0.6) is 0 Å². The number of carbonyl (C=O) groups excluding carboxylic acids is 1. The molecule has 2 rings (SSSR count). The van der Waals surface area contributed by atoms with Crippen molar-refractivity contribution in [2.75, 3.05) is 23.8 Å². The van der Waals surface area contributed by atoms with Crippen LogP contribution in [0, 0.1) is 5.41 Å². The number of carbonyl (C=O) groups is 1. The van der Waals surface area contributed by atoms with Crippen LogP contribution in [0.25, 0.3) is 0 Å². The lowest BCUT2D eigenvalue weighted by atomic mass is 9.81. The topological polar surface area (TPSA) is 66.6 Å². The van der Waals surface area contributed by atoms with Crippen LogP contribution >= 0.6 is 0 Å². The summed E-state index contributed by atoms with van der Waals surface area (Å²) in [5, 5.41) is 9.30. The van der Waals surface area contributed by atoms with E-state index in [1.807, 2.05) is 18.2 Å². The highest BCUT2D eigenvalue weighted by molar-refractivity contribution is 6.00. The number of anilines is 2. The van der Waals surface area contributed by atoms with Crippen LogP contribution in [0.4, 0.5) is 11.4 Å². The number of hydrogen-bond acceptors (Lipinski definition) is 3. The second-order valence-electron chi connectivity index (χ2n) is 5.58. The van der Waals surface area contributed by atoms with Crippen molar-refractivity contribution in [3.8, 4) is 0 Å². The number of hydrogen-bond donors (Lipinski definition) is 2. The van der Waals surface area contributed by atoms with Crippen LogP contribution in [0.1, 0.15) is 39.0 Å². The van der Waals surface area contributed by atoms with Crippen molar-refractivity contribution in [3.63, 3.8) is 0 Å². The molecule has 4 heteroatoms. The molecule has 0 spiro atoms.